The molecule has 1 atom stereocenters. The van der Waals surface area contributed by atoms with Crippen molar-refractivity contribution in [3.05, 3.63) is 41.0 Å². The van der Waals surface area contributed by atoms with Crippen LogP contribution in [0, 0.1) is 0 Å². The van der Waals surface area contributed by atoms with Crippen molar-refractivity contribution >= 4 is 35.8 Å². The van der Waals surface area contributed by atoms with E-state index in [2.05, 4.69) is 27.4 Å². The second-order valence-electron chi connectivity index (χ2n) is 5.30. The molecule has 1 aromatic carbocycles. The minimum atomic E-state index is 0. The molecule has 0 saturated carbocycles. The fraction of sp³-hybridized carbons (Fsp3) is 0.467. The van der Waals surface area contributed by atoms with Crippen molar-refractivity contribution in [1.82, 2.24) is 20.4 Å². The molecule has 1 fully saturated rings. The van der Waals surface area contributed by atoms with E-state index in [9.17, 15) is 0 Å². The van der Waals surface area contributed by atoms with E-state index < -0.39 is 0 Å². The zero-order valence-corrected chi connectivity index (χ0v) is 15.3. The predicted octanol–water partition coefficient (Wildman–Crippen LogP) is 3.06. The van der Waals surface area contributed by atoms with E-state index in [0.29, 0.717) is 5.89 Å². The minimum Gasteiger partial charge on any atom is -0.339 e. The minimum absolute atomic E-state index is 0. The van der Waals surface area contributed by atoms with Gasteiger partial charge in [0.2, 0.25) is 5.89 Å². The van der Waals surface area contributed by atoms with Crippen LogP contribution >= 0.6 is 35.8 Å². The molecular weight excluding hydrogens is 355 g/mol. The van der Waals surface area contributed by atoms with Crippen LogP contribution in [-0.2, 0) is 6.42 Å². The first-order valence-corrected chi connectivity index (χ1v) is 8.70. The summed E-state index contributed by atoms with van der Waals surface area (Å²) in [6.45, 7) is 2.88. The number of piperazine rings is 1. The number of nitrogens with zero attached hydrogens (tertiary/aromatic N) is 3. The number of aryl methyl sites for hydroxylation is 1. The van der Waals surface area contributed by atoms with Crippen LogP contribution in [0.3, 0.4) is 0 Å². The fourth-order valence-electron chi connectivity index (χ4n) is 2.39. The number of rotatable bonds is 5. The molecule has 1 aliphatic rings. The summed E-state index contributed by atoms with van der Waals surface area (Å²) in [5.74, 6) is 2.39. The van der Waals surface area contributed by atoms with Gasteiger partial charge in [0.05, 0.1) is 6.04 Å². The molecule has 1 saturated heterocycles. The molecule has 0 bridgehead atoms. The molecular formula is C15H20Cl2N4OS. The average Bonchev–Trinajstić information content (AvgIpc) is 2.98. The van der Waals surface area contributed by atoms with Crippen molar-refractivity contribution in [2.45, 2.75) is 17.4 Å². The van der Waals surface area contributed by atoms with Gasteiger partial charge < -0.3 is 9.84 Å². The lowest BCUT2D eigenvalue weighted by Crippen LogP contribution is -2.44. The quantitative estimate of drug-likeness (QED) is 0.811. The van der Waals surface area contributed by atoms with Crippen LogP contribution in [0.5, 0.6) is 0 Å². The van der Waals surface area contributed by atoms with Gasteiger partial charge in [0.1, 0.15) is 0 Å². The standard InChI is InChI=1S/C15H19ClN4OS.ClH/c1-20-8-7-17-10-13(20)15-18-14(21-19-15)6-9-22-12-4-2-11(16)3-5-12;/h2-5,13,17H,6-10H2,1H3;1H. The maximum absolute atomic E-state index is 5.88. The van der Waals surface area contributed by atoms with Crippen LogP contribution < -0.4 is 5.32 Å². The van der Waals surface area contributed by atoms with Gasteiger partial charge in [0.25, 0.3) is 0 Å². The number of aromatic nitrogens is 2. The molecule has 1 aromatic heterocycles. The lowest BCUT2D eigenvalue weighted by atomic mass is 10.2. The number of benzene rings is 1. The molecule has 1 unspecified atom stereocenters. The molecule has 2 aromatic rings. The molecule has 0 aliphatic carbocycles. The van der Waals surface area contributed by atoms with E-state index in [4.69, 9.17) is 16.1 Å². The van der Waals surface area contributed by atoms with Crippen molar-refractivity contribution in [2.75, 3.05) is 32.4 Å². The third kappa shape index (κ3) is 5.09. The Kier molecular flexibility index (Phi) is 7.17. The van der Waals surface area contributed by atoms with Gasteiger partial charge in [-0.1, -0.05) is 16.8 Å². The Balaban J connectivity index is 0.00000192. The maximum atomic E-state index is 5.88. The Labute approximate surface area is 151 Å². The molecule has 0 amide bonds. The Morgan fingerprint density at radius 3 is 2.91 bits per heavy atom. The summed E-state index contributed by atoms with van der Waals surface area (Å²) < 4.78 is 5.37. The van der Waals surface area contributed by atoms with Crippen molar-refractivity contribution in [1.29, 1.82) is 0 Å². The smallest absolute Gasteiger partial charge is 0.227 e. The first-order valence-electron chi connectivity index (χ1n) is 7.34. The molecule has 1 aliphatic heterocycles. The largest absolute Gasteiger partial charge is 0.339 e. The van der Waals surface area contributed by atoms with Crippen LogP contribution in [0.25, 0.3) is 0 Å². The zero-order valence-electron chi connectivity index (χ0n) is 12.9. The van der Waals surface area contributed by atoms with Crippen molar-refractivity contribution in [2.24, 2.45) is 0 Å². The number of nitrogens with one attached hydrogen (secondary N) is 1. The van der Waals surface area contributed by atoms with Crippen LogP contribution in [0.1, 0.15) is 17.8 Å². The van der Waals surface area contributed by atoms with Gasteiger partial charge in [0, 0.05) is 41.7 Å². The zero-order chi connectivity index (χ0) is 15.4. The molecule has 23 heavy (non-hydrogen) atoms. The Morgan fingerprint density at radius 2 is 2.17 bits per heavy atom. The third-order valence-electron chi connectivity index (χ3n) is 3.69. The molecule has 0 radical (unpaired) electrons. The van der Waals surface area contributed by atoms with Gasteiger partial charge in [0.15, 0.2) is 5.82 Å². The van der Waals surface area contributed by atoms with Crippen LogP contribution in [-0.4, -0.2) is 47.5 Å². The van der Waals surface area contributed by atoms with E-state index in [1.807, 2.05) is 24.3 Å². The van der Waals surface area contributed by atoms with E-state index >= 15 is 0 Å². The monoisotopic (exact) mass is 374 g/mol. The van der Waals surface area contributed by atoms with Gasteiger partial charge in [-0.05, 0) is 31.3 Å². The number of hydrogen-bond acceptors (Lipinski definition) is 6. The number of hydrogen-bond donors (Lipinski definition) is 1. The number of likely N-dealkylation sites (N-methyl/N-ethyl adjacent to an activating group) is 1. The SMILES string of the molecule is CN1CCNCC1c1noc(CCSc2ccc(Cl)cc2)n1.Cl. The topological polar surface area (TPSA) is 54.2 Å². The summed E-state index contributed by atoms with van der Waals surface area (Å²) >= 11 is 7.64. The van der Waals surface area contributed by atoms with Crippen LogP contribution in [0.4, 0.5) is 0 Å². The molecule has 2 heterocycles. The summed E-state index contributed by atoms with van der Waals surface area (Å²) in [4.78, 5) is 7.99. The van der Waals surface area contributed by atoms with E-state index in [0.717, 1.165) is 42.7 Å². The van der Waals surface area contributed by atoms with Gasteiger partial charge in [-0.25, -0.2) is 0 Å². The van der Waals surface area contributed by atoms with Crippen LogP contribution in [0.15, 0.2) is 33.7 Å². The summed E-state index contributed by atoms with van der Waals surface area (Å²) in [6.07, 6.45) is 0.768. The lowest BCUT2D eigenvalue weighted by Gasteiger charge is -2.30. The fourth-order valence-corrected chi connectivity index (χ4v) is 3.35. The second kappa shape index (κ2) is 8.89. The highest BCUT2D eigenvalue weighted by Crippen LogP contribution is 2.22. The first-order chi connectivity index (χ1) is 10.7. The second-order valence-corrected chi connectivity index (χ2v) is 6.90. The normalized spacial score (nSPS) is 18.6. The van der Waals surface area contributed by atoms with Crippen LogP contribution in [0.2, 0.25) is 5.02 Å². The predicted molar refractivity (Wildman–Crippen MR) is 95.7 cm³/mol. The average molecular weight is 375 g/mol. The van der Waals surface area contributed by atoms with Gasteiger partial charge in [-0.2, -0.15) is 4.98 Å². The summed E-state index contributed by atoms with van der Waals surface area (Å²) in [6, 6.07) is 8.06. The molecule has 0 spiro atoms. The lowest BCUT2D eigenvalue weighted by molar-refractivity contribution is 0.190. The maximum Gasteiger partial charge on any atom is 0.227 e. The summed E-state index contributed by atoms with van der Waals surface area (Å²) in [7, 11) is 2.10. The summed E-state index contributed by atoms with van der Waals surface area (Å²) in [5, 5.41) is 8.26. The van der Waals surface area contributed by atoms with E-state index in [1.165, 1.54) is 4.90 Å². The molecule has 126 valence electrons. The van der Waals surface area contributed by atoms with Crippen molar-refractivity contribution in [3.63, 3.8) is 0 Å². The number of thioether (sulfide) groups is 1. The Hall–Kier alpha value is -0.790. The van der Waals surface area contributed by atoms with E-state index in [-0.39, 0.29) is 18.4 Å². The highest BCUT2D eigenvalue weighted by molar-refractivity contribution is 7.99. The van der Waals surface area contributed by atoms with Gasteiger partial charge in [-0.15, -0.1) is 24.2 Å². The summed E-state index contributed by atoms with van der Waals surface area (Å²) in [5.41, 5.74) is 0. The van der Waals surface area contributed by atoms with Crippen molar-refractivity contribution in [3.8, 4) is 0 Å². The van der Waals surface area contributed by atoms with E-state index in [1.54, 1.807) is 11.8 Å². The molecule has 8 heteroatoms. The van der Waals surface area contributed by atoms with Gasteiger partial charge >= 0.3 is 0 Å². The molecule has 5 nitrogen and oxygen atoms in total. The first kappa shape index (κ1) is 18.5. The van der Waals surface area contributed by atoms with Crippen molar-refractivity contribution < 1.29 is 4.52 Å². The molecule has 1 N–H and O–H groups in total. The molecule has 3 rings (SSSR count). The number of halogens is 2. The highest BCUT2D eigenvalue weighted by Gasteiger charge is 2.25. The highest BCUT2D eigenvalue weighted by atomic mass is 35.5. The Morgan fingerprint density at radius 1 is 1.39 bits per heavy atom. The van der Waals surface area contributed by atoms with Gasteiger partial charge in [-0.3, -0.25) is 4.90 Å². The Bertz CT molecular complexity index is 608. The third-order valence-corrected chi connectivity index (χ3v) is 4.96.